The molecule has 1 atom stereocenters. The van der Waals surface area contributed by atoms with Gasteiger partial charge in [-0.1, -0.05) is 140 Å². The minimum Gasteiger partial charge on any atom is -0.468 e. The first-order chi connectivity index (χ1) is 23.5. The van der Waals surface area contributed by atoms with Crippen LogP contribution in [0, 0.1) is 0 Å². The molecule has 0 fully saturated rings. The molecule has 2 amide bonds. The van der Waals surface area contributed by atoms with Gasteiger partial charge in [-0.3, -0.25) is 9.59 Å². The van der Waals surface area contributed by atoms with E-state index in [9.17, 15) is 14.4 Å². The number of carbonyl (C=O) groups excluding carboxylic acids is 3. The van der Waals surface area contributed by atoms with E-state index >= 15 is 0 Å². The van der Waals surface area contributed by atoms with Gasteiger partial charge in [0.1, 0.15) is 19.2 Å². The zero-order chi connectivity index (χ0) is 33.3. The second kappa shape index (κ2) is 15.0. The van der Waals surface area contributed by atoms with Crippen LogP contribution in [-0.2, 0) is 23.8 Å². The number of esters is 1. The topological polar surface area (TPSA) is 93.7 Å². The number of carbonyl (C=O) groups is 3. The lowest BCUT2D eigenvalue weighted by atomic mass is 9.84. The predicted molar refractivity (Wildman–Crippen MR) is 189 cm³/mol. The fourth-order valence-electron chi connectivity index (χ4n) is 6.30. The zero-order valence-electron chi connectivity index (χ0n) is 26.5. The van der Waals surface area contributed by atoms with Gasteiger partial charge in [-0.25, -0.2) is 4.79 Å². The van der Waals surface area contributed by atoms with E-state index < -0.39 is 28.8 Å². The first-order valence-electron chi connectivity index (χ1n) is 15.8. The molecule has 5 aromatic rings. The molecule has 0 saturated heterocycles. The second-order valence-corrected chi connectivity index (χ2v) is 12.6. The summed E-state index contributed by atoms with van der Waals surface area (Å²) in [4.78, 5) is 39.0. The minimum absolute atomic E-state index is 0.103. The summed E-state index contributed by atoms with van der Waals surface area (Å²) in [5.41, 5.74) is 7.47. The SMILES string of the molecule is COC(=O)CNC(=O)[C@H](CSC(c1ccccc1)(c1ccccc1)c1ccccc1)NC(=O)OCC1c2ccccc2-c2ccccc21. The summed E-state index contributed by atoms with van der Waals surface area (Å²) < 4.78 is 9.82. The van der Waals surface area contributed by atoms with E-state index in [0.717, 1.165) is 38.9 Å². The van der Waals surface area contributed by atoms with Crippen molar-refractivity contribution in [2.24, 2.45) is 0 Å². The number of rotatable bonds is 12. The normalized spacial score (nSPS) is 12.7. The minimum atomic E-state index is -1.04. The highest BCUT2D eigenvalue weighted by molar-refractivity contribution is 8.00. The summed E-state index contributed by atoms with van der Waals surface area (Å²) in [5, 5.41) is 5.43. The van der Waals surface area contributed by atoms with Crippen LogP contribution in [0.2, 0.25) is 0 Å². The van der Waals surface area contributed by atoms with E-state index in [1.165, 1.54) is 18.9 Å². The van der Waals surface area contributed by atoms with E-state index in [2.05, 4.69) is 71.3 Å². The highest BCUT2D eigenvalue weighted by atomic mass is 32.2. The van der Waals surface area contributed by atoms with Crippen molar-refractivity contribution in [3.05, 3.63) is 167 Å². The Labute approximate surface area is 284 Å². The molecule has 1 aliphatic carbocycles. The Morgan fingerprint density at radius 2 is 1.15 bits per heavy atom. The Morgan fingerprint density at radius 3 is 1.62 bits per heavy atom. The van der Waals surface area contributed by atoms with Crippen LogP contribution < -0.4 is 10.6 Å². The van der Waals surface area contributed by atoms with Gasteiger partial charge in [0.2, 0.25) is 5.91 Å². The molecule has 7 nitrogen and oxygen atoms in total. The third-order valence-electron chi connectivity index (χ3n) is 8.59. The van der Waals surface area contributed by atoms with Crippen molar-refractivity contribution in [3.63, 3.8) is 0 Å². The average molecular weight is 657 g/mol. The van der Waals surface area contributed by atoms with Crippen LogP contribution in [0.5, 0.6) is 0 Å². The number of amides is 2. The largest absolute Gasteiger partial charge is 0.468 e. The average Bonchev–Trinajstić information content (AvgIpc) is 3.47. The van der Waals surface area contributed by atoms with Gasteiger partial charge >= 0.3 is 12.1 Å². The molecule has 0 spiro atoms. The smallest absolute Gasteiger partial charge is 0.407 e. The van der Waals surface area contributed by atoms with Gasteiger partial charge in [-0.05, 0) is 38.9 Å². The number of thioether (sulfide) groups is 1. The van der Waals surface area contributed by atoms with E-state index in [1.54, 1.807) is 0 Å². The second-order valence-electron chi connectivity index (χ2n) is 11.4. The molecule has 8 heteroatoms. The summed E-state index contributed by atoms with van der Waals surface area (Å²) in [6.45, 7) is -0.227. The number of alkyl carbamates (subject to hydrolysis) is 1. The van der Waals surface area contributed by atoms with Crippen LogP contribution in [0.15, 0.2) is 140 Å². The highest BCUT2D eigenvalue weighted by Gasteiger charge is 2.39. The molecular weight excluding hydrogens is 621 g/mol. The predicted octanol–water partition coefficient (Wildman–Crippen LogP) is 6.91. The summed E-state index contributed by atoms with van der Waals surface area (Å²) in [5.74, 6) is -1.09. The first kappa shape index (κ1) is 32.6. The molecule has 0 heterocycles. The maximum Gasteiger partial charge on any atom is 0.407 e. The number of benzene rings is 5. The van der Waals surface area contributed by atoms with E-state index in [4.69, 9.17) is 9.47 Å². The van der Waals surface area contributed by atoms with Gasteiger partial charge in [0, 0.05) is 11.7 Å². The van der Waals surface area contributed by atoms with Gasteiger partial charge in [-0.15, -0.1) is 11.8 Å². The lowest BCUT2D eigenvalue weighted by Gasteiger charge is -2.36. The number of hydrogen-bond donors (Lipinski definition) is 2. The van der Waals surface area contributed by atoms with E-state index in [-0.39, 0.29) is 24.8 Å². The van der Waals surface area contributed by atoms with Gasteiger partial charge in [0.05, 0.1) is 11.9 Å². The molecule has 0 aliphatic heterocycles. The standard InChI is InChI=1S/C40H36N2O5S/c1-46-37(43)25-41-38(44)36(42-39(45)47-26-35-33-23-13-11-21-31(33)32-22-12-14-24-34(32)35)27-48-40(28-15-5-2-6-16-28,29-17-7-3-8-18-29)30-19-9-4-10-20-30/h2-24,35-36H,25-27H2,1H3,(H,41,44)(H,42,45)/t36-/m0/s1. The third-order valence-corrected chi connectivity index (χ3v) is 10.2. The van der Waals surface area contributed by atoms with Crippen molar-refractivity contribution >= 4 is 29.7 Å². The van der Waals surface area contributed by atoms with Gasteiger partial charge < -0.3 is 20.1 Å². The van der Waals surface area contributed by atoms with Crippen molar-refractivity contribution in [1.82, 2.24) is 10.6 Å². The lowest BCUT2D eigenvalue weighted by Crippen LogP contribution is -2.50. The van der Waals surface area contributed by atoms with Crippen molar-refractivity contribution < 1.29 is 23.9 Å². The number of methoxy groups -OCH3 is 1. The molecule has 1 aliphatic rings. The summed E-state index contributed by atoms with van der Waals surface area (Å²) in [6, 6.07) is 45.5. The monoisotopic (exact) mass is 656 g/mol. The van der Waals surface area contributed by atoms with Crippen LogP contribution >= 0.6 is 11.8 Å². The maximum absolute atomic E-state index is 13.6. The number of nitrogens with one attached hydrogen (secondary N) is 2. The summed E-state index contributed by atoms with van der Waals surface area (Å²) >= 11 is 1.52. The zero-order valence-corrected chi connectivity index (χ0v) is 27.3. The molecule has 242 valence electrons. The third kappa shape index (κ3) is 6.85. The number of ether oxygens (including phenoxy) is 2. The fraction of sp³-hybridized carbons (Fsp3) is 0.175. The number of hydrogen-bond acceptors (Lipinski definition) is 6. The Balaban J connectivity index is 1.27. The summed E-state index contributed by atoms with van der Waals surface area (Å²) in [7, 11) is 1.25. The van der Waals surface area contributed by atoms with Crippen LogP contribution in [0.3, 0.4) is 0 Å². The van der Waals surface area contributed by atoms with Crippen LogP contribution in [0.25, 0.3) is 11.1 Å². The van der Waals surface area contributed by atoms with Crippen molar-refractivity contribution in [1.29, 1.82) is 0 Å². The molecule has 0 bridgehead atoms. The van der Waals surface area contributed by atoms with Crippen molar-refractivity contribution in [2.45, 2.75) is 16.7 Å². The summed E-state index contributed by atoms with van der Waals surface area (Å²) in [6.07, 6.45) is -0.722. The van der Waals surface area contributed by atoms with E-state index in [0.29, 0.717) is 0 Å². The fourth-order valence-corrected chi connectivity index (χ4v) is 7.86. The van der Waals surface area contributed by atoms with E-state index in [1.807, 2.05) is 78.9 Å². The molecule has 0 aromatic heterocycles. The lowest BCUT2D eigenvalue weighted by molar-refractivity contribution is -0.141. The molecular formula is C40H36N2O5S. The van der Waals surface area contributed by atoms with Crippen molar-refractivity contribution in [2.75, 3.05) is 26.0 Å². The van der Waals surface area contributed by atoms with Gasteiger partial charge in [-0.2, -0.15) is 0 Å². The molecule has 0 radical (unpaired) electrons. The van der Waals surface area contributed by atoms with Crippen LogP contribution in [0.1, 0.15) is 33.7 Å². The van der Waals surface area contributed by atoms with Gasteiger partial charge in [0.15, 0.2) is 0 Å². The maximum atomic E-state index is 13.6. The Morgan fingerprint density at radius 1 is 0.688 bits per heavy atom. The Bertz CT molecular complexity index is 1730. The molecule has 0 saturated carbocycles. The first-order valence-corrected chi connectivity index (χ1v) is 16.8. The Kier molecular flexibility index (Phi) is 10.2. The number of fused-ring (bicyclic) bond motifs is 3. The molecule has 2 N–H and O–H groups in total. The Hall–Kier alpha value is -5.34. The highest BCUT2D eigenvalue weighted by Crippen LogP contribution is 2.49. The van der Waals surface area contributed by atoms with Gasteiger partial charge in [0.25, 0.3) is 0 Å². The quantitative estimate of drug-likeness (QED) is 0.112. The van der Waals surface area contributed by atoms with Crippen LogP contribution in [0.4, 0.5) is 4.79 Å². The molecule has 5 aromatic carbocycles. The van der Waals surface area contributed by atoms with Crippen LogP contribution in [-0.4, -0.2) is 50.0 Å². The molecule has 0 unspecified atom stereocenters. The molecule has 48 heavy (non-hydrogen) atoms. The molecule has 6 rings (SSSR count). The van der Waals surface area contributed by atoms with Crippen molar-refractivity contribution in [3.8, 4) is 11.1 Å².